The number of carbonyl (C=O) groups is 3. The lowest BCUT2D eigenvalue weighted by atomic mass is 10.1. The number of aryl methyl sites for hydroxylation is 1. The van der Waals surface area contributed by atoms with Crippen LogP contribution >= 0.6 is 0 Å². The Hall–Kier alpha value is -4.54. The van der Waals surface area contributed by atoms with Crippen molar-refractivity contribution in [1.82, 2.24) is 10.6 Å². The van der Waals surface area contributed by atoms with Crippen LogP contribution in [-0.2, 0) is 16.0 Å². The van der Waals surface area contributed by atoms with E-state index in [9.17, 15) is 14.4 Å². The summed E-state index contributed by atoms with van der Waals surface area (Å²) in [5, 5.41) is 13.8. The van der Waals surface area contributed by atoms with E-state index in [4.69, 9.17) is 26.0 Å². The summed E-state index contributed by atoms with van der Waals surface area (Å²) in [6, 6.07) is 11.3. The quantitative estimate of drug-likeness (QED) is 0.295. The Bertz CT molecular complexity index is 1110. The van der Waals surface area contributed by atoms with Crippen molar-refractivity contribution in [3.05, 3.63) is 65.7 Å². The van der Waals surface area contributed by atoms with E-state index in [1.165, 1.54) is 12.3 Å². The number of guanidine groups is 1. The second-order valence-electron chi connectivity index (χ2n) is 6.69. The maximum Gasteiger partial charge on any atom is 0.303 e. The van der Waals surface area contributed by atoms with Crippen molar-refractivity contribution in [1.29, 1.82) is 0 Å². The number of rotatable bonds is 8. The lowest BCUT2D eigenvalue weighted by molar-refractivity contribution is -0.137. The number of amides is 2. The molecule has 2 aromatic rings. The van der Waals surface area contributed by atoms with Crippen LogP contribution in [0.1, 0.15) is 22.3 Å². The minimum atomic E-state index is -0.905. The van der Waals surface area contributed by atoms with Crippen LogP contribution < -0.4 is 31.6 Å². The number of carboxylic acids is 1. The van der Waals surface area contributed by atoms with Crippen LogP contribution in [0.2, 0.25) is 0 Å². The molecule has 2 amide bonds. The molecule has 0 spiro atoms. The van der Waals surface area contributed by atoms with E-state index in [2.05, 4.69) is 15.6 Å². The molecule has 1 aliphatic rings. The Morgan fingerprint density at radius 2 is 1.88 bits per heavy atom. The van der Waals surface area contributed by atoms with Gasteiger partial charge in [-0.15, -0.1) is 0 Å². The molecule has 11 heteroatoms. The van der Waals surface area contributed by atoms with Crippen LogP contribution in [0.25, 0.3) is 0 Å². The third kappa shape index (κ3) is 6.23. The van der Waals surface area contributed by atoms with Crippen molar-refractivity contribution < 1.29 is 29.0 Å². The molecule has 7 N–H and O–H groups in total. The number of hydrogen-bond acceptors (Lipinski definition) is 6. The van der Waals surface area contributed by atoms with Gasteiger partial charge in [0.25, 0.3) is 5.91 Å². The first kappa shape index (κ1) is 22.2. The average Bonchev–Trinajstić information content (AvgIpc) is 2.75. The molecule has 166 valence electrons. The summed E-state index contributed by atoms with van der Waals surface area (Å²) in [6.45, 7) is -0.322. The smallest absolute Gasteiger partial charge is 0.303 e. The molecule has 1 aliphatic heterocycles. The number of ether oxygens (including phenoxy) is 2. The van der Waals surface area contributed by atoms with Gasteiger partial charge in [-0.2, -0.15) is 0 Å². The number of carbonyl (C=O) groups excluding carboxylic acids is 2. The highest BCUT2D eigenvalue weighted by atomic mass is 16.6. The lowest BCUT2D eigenvalue weighted by Gasteiger charge is -2.19. The summed E-state index contributed by atoms with van der Waals surface area (Å²) in [6.07, 6.45) is 1.53. The van der Waals surface area contributed by atoms with E-state index < -0.39 is 17.8 Å². The van der Waals surface area contributed by atoms with Crippen molar-refractivity contribution in [3.63, 3.8) is 0 Å². The number of nitrogens with zero attached hydrogens (tertiary/aromatic N) is 1. The summed E-state index contributed by atoms with van der Waals surface area (Å²) in [7, 11) is 0. The predicted octanol–water partition coefficient (Wildman–Crippen LogP) is 0.725. The fourth-order valence-electron chi connectivity index (χ4n) is 2.76. The van der Waals surface area contributed by atoms with Gasteiger partial charge in [0.05, 0.1) is 12.2 Å². The first-order chi connectivity index (χ1) is 15.3. The summed E-state index contributed by atoms with van der Waals surface area (Å²) >= 11 is 0. The molecular weight excluding hydrogens is 418 g/mol. The molecule has 0 atom stereocenters. The zero-order valence-corrected chi connectivity index (χ0v) is 16.8. The molecule has 0 bridgehead atoms. The highest BCUT2D eigenvalue weighted by molar-refractivity contribution is 5.97. The number of benzene rings is 2. The standard InChI is InChI=1S/C21H21N5O6/c22-21(23)25-14-3-1-2-13(9-14)20(30)24-10-17(27)26-18-11-31-15-6-4-12(5-7-19(28)29)8-16(15)32-18/h1-4,6,8-9,11H,5,7,10H2,(H,24,30)(H,26,27)(H,28,29)(H4,22,23,25). The summed E-state index contributed by atoms with van der Waals surface area (Å²) in [5.74, 6) is -1.28. The molecule has 0 radical (unpaired) electrons. The molecule has 0 unspecified atom stereocenters. The monoisotopic (exact) mass is 439 g/mol. The first-order valence-electron chi connectivity index (χ1n) is 9.47. The zero-order valence-electron chi connectivity index (χ0n) is 16.8. The third-order valence-corrected chi connectivity index (χ3v) is 4.19. The van der Waals surface area contributed by atoms with Gasteiger partial charge in [-0.1, -0.05) is 12.1 Å². The van der Waals surface area contributed by atoms with Crippen molar-refractivity contribution in [2.24, 2.45) is 16.5 Å². The normalized spacial score (nSPS) is 11.7. The maximum absolute atomic E-state index is 12.3. The zero-order chi connectivity index (χ0) is 23.1. The molecule has 1 heterocycles. The molecule has 0 aliphatic carbocycles. The topological polar surface area (TPSA) is 178 Å². The molecular formula is C21H21N5O6. The van der Waals surface area contributed by atoms with Gasteiger partial charge in [0.2, 0.25) is 11.8 Å². The van der Waals surface area contributed by atoms with Crippen LogP contribution in [0.4, 0.5) is 5.69 Å². The van der Waals surface area contributed by atoms with Gasteiger partial charge in [0, 0.05) is 12.0 Å². The number of nitrogens with two attached hydrogens (primary N) is 2. The Balaban J connectivity index is 1.53. The van der Waals surface area contributed by atoms with Gasteiger partial charge < -0.3 is 31.4 Å². The summed E-state index contributed by atoms with van der Waals surface area (Å²) < 4.78 is 11.0. The largest absolute Gasteiger partial charge is 0.481 e. The maximum atomic E-state index is 12.3. The molecule has 0 saturated carbocycles. The van der Waals surface area contributed by atoms with E-state index in [1.807, 2.05) is 0 Å². The summed E-state index contributed by atoms with van der Waals surface area (Å²) in [5.41, 5.74) is 12.1. The van der Waals surface area contributed by atoms with Gasteiger partial charge in [-0.25, -0.2) is 4.99 Å². The van der Waals surface area contributed by atoms with Gasteiger partial charge in [0.1, 0.15) is 0 Å². The van der Waals surface area contributed by atoms with Crippen molar-refractivity contribution >= 4 is 29.4 Å². The van der Waals surface area contributed by atoms with E-state index >= 15 is 0 Å². The molecule has 32 heavy (non-hydrogen) atoms. The van der Waals surface area contributed by atoms with E-state index in [-0.39, 0.29) is 30.4 Å². The average molecular weight is 439 g/mol. The second kappa shape index (κ2) is 9.98. The van der Waals surface area contributed by atoms with Gasteiger partial charge in [-0.05, 0) is 42.3 Å². The number of nitrogens with one attached hydrogen (secondary N) is 2. The molecule has 0 fully saturated rings. The van der Waals surface area contributed by atoms with Crippen molar-refractivity contribution in [2.45, 2.75) is 12.8 Å². The van der Waals surface area contributed by atoms with E-state index in [1.54, 1.807) is 36.4 Å². The van der Waals surface area contributed by atoms with E-state index in [0.29, 0.717) is 23.6 Å². The molecule has 0 aromatic heterocycles. The number of hydrogen-bond donors (Lipinski definition) is 5. The Kier molecular flexibility index (Phi) is 6.91. The van der Waals surface area contributed by atoms with E-state index in [0.717, 1.165) is 5.56 Å². The Labute approximate surface area is 182 Å². The number of aliphatic imine (C=N–C) groups is 1. The van der Waals surface area contributed by atoms with Gasteiger partial charge in [0.15, 0.2) is 23.7 Å². The fraction of sp³-hybridized carbons (Fsp3) is 0.143. The van der Waals surface area contributed by atoms with Crippen LogP contribution in [0, 0.1) is 0 Å². The van der Waals surface area contributed by atoms with Crippen LogP contribution in [0.5, 0.6) is 11.5 Å². The Morgan fingerprint density at radius 1 is 1.06 bits per heavy atom. The predicted molar refractivity (Wildman–Crippen MR) is 114 cm³/mol. The lowest BCUT2D eigenvalue weighted by Crippen LogP contribution is -2.38. The molecule has 2 aromatic carbocycles. The molecule has 11 nitrogen and oxygen atoms in total. The fourth-order valence-corrected chi connectivity index (χ4v) is 2.76. The second-order valence-corrected chi connectivity index (χ2v) is 6.69. The minimum absolute atomic E-state index is 0.0202. The van der Waals surface area contributed by atoms with Gasteiger partial charge >= 0.3 is 5.97 Å². The summed E-state index contributed by atoms with van der Waals surface area (Å²) in [4.78, 5) is 39.1. The SMILES string of the molecule is NC(N)=Nc1cccc(C(=O)NCC(=O)NC2=COc3ccc(CCC(=O)O)cc3O2)c1. The number of aliphatic carboxylic acids is 1. The van der Waals surface area contributed by atoms with Crippen LogP contribution in [0.3, 0.4) is 0 Å². The van der Waals surface area contributed by atoms with Crippen LogP contribution in [0.15, 0.2) is 59.6 Å². The number of fused-ring (bicyclic) bond motifs is 1. The van der Waals surface area contributed by atoms with Crippen molar-refractivity contribution in [3.8, 4) is 11.5 Å². The highest BCUT2D eigenvalue weighted by Crippen LogP contribution is 2.33. The minimum Gasteiger partial charge on any atom is -0.481 e. The molecule has 3 rings (SSSR count). The first-order valence-corrected chi connectivity index (χ1v) is 9.47. The highest BCUT2D eigenvalue weighted by Gasteiger charge is 2.17. The van der Waals surface area contributed by atoms with Crippen LogP contribution in [-0.4, -0.2) is 35.4 Å². The van der Waals surface area contributed by atoms with Crippen molar-refractivity contribution in [2.75, 3.05) is 6.54 Å². The number of carboxylic acid groups (broad SMARTS) is 1. The van der Waals surface area contributed by atoms with Gasteiger partial charge in [-0.3, -0.25) is 19.7 Å². The molecule has 0 saturated heterocycles. The third-order valence-electron chi connectivity index (χ3n) is 4.19. The Morgan fingerprint density at radius 3 is 2.62 bits per heavy atom.